The van der Waals surface area contributed by atoms with E-state index in [9.17, 15) is 0 Å². The van der Waals surface area contributed by atoms with Crippen LogP contribution in [0.1, 0.15) is 12.8 Å². The molecule has 0 saturated carbocycles. The second-order valence-corrected chi connectivity index (χ2v) is 5.48. The highest BCUT2D eigenvalue weighted by atomic mass is 16.5. The summed E-state index contributed by atoms with van der Waals surface area (Å²) in [5.74, 6) is 1.55. The molecule has 0 atom stereocenters. The Morgan fingerprint density at radius 1 is 1.09 bits per heavy atom. The highest BCUT2D eigenvalue weighted by molar-refractivity contribution is 5.63. The first kappa shape index (κ1) is 14.9. The molecule has 116 valence electrons. The maximum Gasteiger partial charge on any atom is 0.161 e. The third-order valence-corrected chi connectivity index (χ3v) is 3.99. The Morgan fingerprint density at radius 3 is 2.68 bits per heavy atom. The average Bonchev–Trinajstić information content (AvgIpc) is 3.09. The molecule has 0 unspecified atom stereocenters. The van der Waals surface area contributed by atoms with Crippen LogP contribution < -0.4 is 9.47 Å². The van der Waals surface area contributed by atoms with Crippen molar-refractivity contribution in [3.63, 3.8) is 0 Å². The summed E-state index contributed by atoms with van der Waals surface area (Å²) in [5.41, 5.74) is 1.97. The minimum Gasteiger partial charge on any atom is -0.493 e. The van der Waals surface area contributed by atoms with E-state index in [0.717, 1.165) is 29.3 Å². The zero-order valence-corrected chi connectivity index (χ0v) is 13.0. The van der Waals surface area contributed by atoms with Gasteiger partial charge in [-0.1, -0.05) is 6.07 Å². The Kier molecular flexibility index (Phi) is 4.91. The first-order chi connectivity index (χ1) is 10.9. The minimum atomic E-state index is 0.694. The van der Waals surface area contributed by atoms with Crippen LogP contribution in [0.4, 0.5) is 0 Å². The predicted octanol–water partition coefficient (Wildman–Crippen LogP) is 3.23. The fourth-order valence-electron chi connectivity index (χ4n) is 2.77. The Hall–Kier alpha value is -2.07. The fourth-order valence-corrected chi connectivity index (χ4v) is 2.77. The number of hydrogen-bond acceptors (Lipinski definition) is 4. The lowest BCUT2D eigenvalue weighted by Crippen LogP contribution is -2.25. The van der Waals surface area contributed by atoms with Crippen LogP contribution in [-0.4, -0.2) is 43.2 Å². The van der Waals surface area contributed by atoms with E-state index in [4.69, 9.17) is 9.47 Å². The number of pyridine rings is 1. The number of methoxy groups -OCH3 is 1. The number of aromatic nitrogens is 1. The van der Waals surface area contributed by atoms with Crippen molar-refractivity contribution in [2.45, 2.75) is 12.8 Å². The lowest BCUT2D eigenvalue weighted by atomic mass is 10.1. The van der Waals surface area contributed by atoms with Gasteiger partial charge in [0.05, 0.1) is 12.8 Å². The van der Waals surface area contributed by atoms with Crippen LogP contribution in [0.25, 0.3) is 11.3 Å². The van der Waals surface area contributed by atoms with Gasteiger partial charge >= 0.3 is 0 Å². The van der Waals surface area contributed by atoms with E-state index in [1.165, 1.54) is 25.9 Å². The van der Waals surface area contributed by atoms with Crippen molar-refractivity contribution in [2.24, 2.45) is 0 Å². The topological polar surface area (TPSA) is 34.6 Å². The van der Waals surface area contributed by atoms with Crippen molar-refractivity contribution in [2.75, 3.05) is 33.4 Å². The lowest BCUT2D eigenvalue weighted by Gasteiger charge is -2.16. The van der Waals surface area contributed by atoms with Crippen LogP contribution in [-0.2, 0) is 0 Å². The van der Waals surface area contributed by atoms with Crippen molar-refractivity contribution in [1.29, 1.82) is 0 Å². The summed E-state index contributed by atoms with van der Waals surface area (Å²) in [4.78, 5) is 6.80. The maximum absolute atomic E-state index is 5.89. The van der Waals surface area contributed by atoms with E-state index in [1.54, 1.807) is 13.3 Å². The number of benzene rings is 1. The zero-order chi connectivity index (χ0) is 15.2. The van der Waals surface area contributed by atoms with Crippen LogP contribution in [0, 0.1) is 0 Å². The Bertz CT molecular complexity index is 595. The molecule has 1 fully saturated rings. The van der Waals surface area contributed by atoms with Gasteiger partial charge < -0.3 is 9.47 Å². The van der Waals surface area contributed by atoms with Crippen molar-refractivity contribution in [1.82, 2.24) is 9.88 Å². The summed E-state index contributed by atoms with van der Waals surface area (Å²) in [7, 11) is 1.67. The summed E-state index contributed by atoms with van der Waals surface area (Å²) in [5, 5.41) is 0. The van der Waals surface area contributed by atoms with Crippen molar-refractivity contribution in [3.05, 3.63) is 42.6 Å². The van der Waals surface area contributed by atoms with Gasteiger partial charge in [0.1, 0.15) is 6.61 Å². The molecule has 0 bridgehead atoms. The SMILES string of the molecule is COc1cc(-c2ccccn2)ccc1OCCN1CCCC1. The van der Waals surface area contributed by atoms with Crippen LogP contribution in [0.15, 0.2) is 42.6 Å². The second-order valence-electron chi connectivity index (χ2n) is 5.48. The molecule has 0 aliphatic carbocycles. The van der Waals surface area contributed by atoms with Crippen LogP contribution >= 0.6 is 0 Å². The van der Waals surface area contributed by atoms with Crippen LogP contribution in [0.5, 0.6) is 11.5 Å². The van der Waals surface area contributed by atoms with Gasteiger partial charge in [0.15, 0.2) is 11.5 Å². The second kappa shape index (κ2) is 7.27. The average molecular weight is 298 g/mol. The molecule has 0 spiro atoms. The van der Waals surface area contributed by atoms with Gasteiger partial charge in [-0.05, 0) is 56.3 Å². The van der Waals surface area contributed by atoms with E-state index < -0.39 is 0 Å². The number of likely N-dealkylation sites (tertiary alicyclic amines) is 1. The Balaban J connectivity index is 1.66. The van der Waals surface area contributed by atoms with Crippen molar-refractivity contribution < 1.29 is 9.47 Å². The monoisotopic (exact) mass is 298 g/mol. The molecule has 0 N–H and O–H groups in total. The van der Waals surface area contributed by atoms with Gasteiger partial charge in [-0.3, -0.25) is 9.88 Å². The molecule has 1 aromatic carbocycles. The van der Waals surface area contributed by atoms with Crippen molar-refractivity contribution >= 4 is 0 Å². The summed E-state index contributed by atoms with van der Waals surface area (Å²) in [6.07, 6.45) is 4.41. The van der Waals surface area contributed by atoms with Gasteiger partial charge in [-0.15, -0.1) is 0 Å². The Morgan fingerprint density at radius 2 is 1.95 bits per heavy atom. The number of ether oxygens (including phenoxy) is 2. The number of hydrogen-bond donors (Lipinski definition) is 0. The smallest absolute Gasteiger partial charge is 0.161 e. The molecule has 0 amide bonds. The van der Waals surface area contributed by atoms with Gasteiger partial charge in [0.2, 0.25) is 0 Å². The normalized spacial score (nSPS) is 15.0. The molecular weight excluding hydrogens is 276 g/mol. The minimum absolute atomic E-state index is 0.694. The molecule has 3 rings (SSSR count). The van der Waals surface area contributed by atoms with E-state index >= 15 is 0 Å². The summed E-state index contributed by atoms with van der Waals surface area (Å²) in [6, 6.07) is 11.9. The number of nitrogens with zero attached hydrogens (tertiary/aromatic N) is 2. The molecule has 1 saturated heterocycles. The molecule has 2 aromatic rings. The zero-order valence-electron chi connectivity index (χ0n) is 13.0. The standard InChI is InChI=1S/C18H22N2O2/c1-21-18-14-15(16-6-2-3-9-19-16)7-8-17(18)22-13-12-20-10-4-5-11-20/h2-3,6-9,14H,4-5,10-13H2,1H3. The molecule has 1 aromatic heterocycles. The molecule has 4 heteroatoms. The summed E-state index contributed by atoms with van der Waals surface area (Å²) < 4.78 is 11.4. The largest absolute Gasteiger partial charge is 0.493 e. The molecule has 0 radical (unpaired) electrons. The van der Waals surface area contributed by atoms with E-state index in [2.05, 4.69) is 9.88 Å². The van der Waals surface area contributed by atoms with Gasteiger partial charge in [-0.25, -0.2) is 0 Å². The Labute approximate surface area is 131 Å². The summed E-state index contributed by atoms with van der Waals surface area (Å²) in [6.45, 7) is 4.06. The highest BCUT2D eigenvalue weighted by Crippen LogP contribution is 2.31. The highest BCUT2D eigenvalue weighted by Gasteiger charge is 2.12. The molecule has 4 nitrogen and oxygen atoms in total. The molecular formula is C18H22N2O2. The predicted molar refractivity (Wildman–Crippen MR) is 87.4 cm³/mol. The quantitative estimate of drug-likeness (QED) is 0.820. The molecule has 1 aliphatic heterocycles. The van der Waals surface area contributed by atoms with Crippen molar-refractivity contribution in [3.8, 4) is 22.8 Å². The van der Waals surface area contributed by atoms with Gasteiger partial charge in [-0.2, -0.15) is 0 Å². The van der Waals surface area contributed by atoms with Gasteiger partial charge in [0.25, 0.3) is 0 Å². The van der Waals surface area contributed by atoms with Crippen LogP contribution in [0.3, 0.4) is 0 Å². The van der Waals surface area contributed by atoms with E-state index in [1.807, 2.05) is 36.4 Å². The van der Waals surface area contributed by atoms with Crippen LogP contribution in [0.2, 0.25) is 0 Å². The van der Waals surface area contributed by atoms with E-state index in [-0.39, 0.29) is 0 Å². The lowest BCUT2D eigenvalue weighted by molar-refractivity contribution is 0.230. The molecule has 22 heavy (non-hydrogen) atoms. The third-order valence-electron chi connectivity index (χ3n) is 3.99. The number of rotatable bonds is 6. The fraction of sp³-hybridized carbons (Fsp3) is 0.389. The van der Waals surface area contributed by atoms with E-state index in [0.29, 0.717) is 6.61 Å². The molecule has 1 aliphatic rings. The summed E-state index contributed by atoms with van der Waals surface area (Å²) >= 11 is 0. The maximum atomic E-state index is 5.89. The van der Waals surface area contributed by atoms with Gasteiger partial charge in [0, 0.05) is 18.3 Å². The first-order valence-electron chi connectivity index (χ1n) is 7.81. The third kappa shape index (κ3) is 3.57. The first-order valence-corrected chi connectivity index (χ1v) is 7.81. The molecule has 2 heterocycles.